The zero-order valence-corrected chi connectivity index (χ0v) is 17.2. The van der Waals surface area contributed by atoms with Gasteiger partial charge in [-0.15, -0.1) is 0 Å². The van der Waals surface area contributed by atoms with Crippen molar-refractivity contribution in [3.05, 3.63) is 29.3 Å². The van der Waals surface area contributed by atoms with Crippen LogP contribution in [0.25, 0.3) is 0 Å². The molecule has 154 valence electrons. The van der Waals surface area contributed by atoms with E-state index in [1.807, 2.05) is 28.9 Å². The van der Waals surface area contributed by atoms with Gasteiger partial charge in [0.1, 0.15) is 0 Å². The smallest absolute Gasteiger partial charge is 0.320 e. The van der Waals surface area contributed by atoms with Crippen LogP contribution < -0.4 is 5.32 Å². The number of rotatable bonds is 4. The molecule has 0 unspecified atom stereocenters. The molecule has 0 radical (unpaired) electrons. The van der Waals surface area contributed by atoms with Crippen LogP contribution in [0.1, 0.15) is 30.9 Å². The number of ether oxygens (including phenoxy) is 1. The van der Waals surface area contributed by atoms with Crippen molar-refractivity contribution in [2.45, 2.75) is 26.7 Å². The maximum absolute atomic E-state index is 12.6. The molecule has 7 heteroatoms. The second kappa shape index (κ2) is 9.39. The molecule has 2 saturated heterocycles. The number of amides is 3. The molecule has 2 aliphatic rings. The summed E-state index contributed by atoms with van der Waals surface area (Å²) in [5.74, 6) is 0.356. The highest BCUT2D eigenvalue weighted by Crippen LogP contribution is 2.27. The Kier molecular flexibility index (Phi) is 6.91. The third kappa shape index (κ3) is 5.02. The fraction of sp³-hybridized carbons (Fsp3) is 0.619. The topological polar surface area (TPSA) is 65.1 Å². The lowest BCUT2D eigenvalue weighted by atomic mass is 9.98. The van der Waals surface area contributed by atoms with E-state index in [4.69, 9.17) is 4.74 Å². The highest BCUT2D eigenvalue weighted by molar-refractivity contribution is 5.94. The van der Waals surface area contributed by atoms with Gasteiger partial charge >= 0.3 is 6.03 Å². The number of hydrogen-bond acceptors (Lipinski definition) is 4. The molecule has 28 heavy (non-hydrogen) atoms. The van der Waals surface area contributed by atoms with Crippen LogP contribution in [0.2, 0.25) is 0 Å². The minimum atomic E-state index is 0.00385. The number of benzene rings is 1. The summed E-state index contributed by atoms with van der Waals surface area (Å²) in [6.07, 6.45) is 0. The number of nitrogens with zero attached hydrogens (tertiary/aromatic N) is 3. The molecule has 3 rings (SSSR count). The molecule has 0 spiro atoms. The maximum atomic E-state index is 12.6. The van der Waals surface area contributed by atoms with Crippen molar-refractivity contribution in [3.8, 4) is 0 Å². The Morgan fingerprint density at radius 1 is 1.04 bits per heavy atom. The van der Waals surface area contributed by atoms with Gasteiger partial charge in [0.15, 0.2) is 0 Å². The number of anilines is 1. The van der Waals surface area contributed by atoms with Crippen molar-refractivity contribution in [1.29, 1.82) is 0 Å². The van der Waals surface area contributed by atoms with Crippen molar-refractivity contribution in [1.82, 2.24) is 14.7 Å². The van der Waals surface area contributed by atoms with Crippen LogP contribution in [-0.2, 0) is 9.53 Å². The third-order valence-electron chi connectivity index (χ3n) is 5.48. The Balaban J connectivity index is 1.50. The predicted octanol–water partition coefficient (Wildman–Crippen LogP) is 2.13. The van der Waals surface area contributed by atoms with Crippen LogP contribution in [0.15, 0.2) is 18.2 Å². The van der Waals surface area contributed by atoms with Gasteiger partial charge in [-0.3, -0.25) is 9.69 Å². The summed E-state index contributed by atoms with van der Waals surface area (Å²) in [5.41, 5.74) is 3.18. The molecule has 0 aliphatic carbocycles. The number of hydrogen-bond donors (Lipinski definition) is 1. The minimum absolute atomic E-state index is 0.00385. The van der Waals surface area contributed by atoms with E-state index in [2.05, 4.69) is 30.1 Å². The summed E-state index contributed by atoms with van der Waals surface area (Å²) >= 11 is 0. The number of para-hydroxylation sites is 1. The Bertz CT molecular complexity index is 693. The van der Waals surface area contributed by atoms with Gasteiger partial charge < -0.3 is 19.9 Å². The monoisotopic (exact) mass is 388 g/mol. The molecule has 2 aliphatic heterocycles. The first kappa shape index (κ1) is 20.6. The standard InChI is InChI=1S/C21H32N4O3/c1-16(2)18-6-4-5-17(3)20(18)22-19(26)15-23-7-9-24(10-8-23)21(27)25-11-13-28-14-12-25/h4-6,16H,7-15H2,1-3H3,(H,22,26). The molecule has 0 saturated carbocycles. The van der Waals surface area contributed by atoms with Gasteiger partial charge in [0, 0.05) is 45.0 Å². The van der Waals surface area contributed by atoms with Crippen LogP contribution >= 0.6 is 0 Å². The second-order valence-electron chi connectivity index (χ2n) is 7.89. The van der Waals surface area contributed by atoms with Gasteiger partial charge in [-0.25, -0.2) is 4.79 Å². The van der Waals surface area contributed by atoms with Crippen LogP contribution in [0.3, 0.4) is 0 Å². The third-order valence-corrected chi connectivity index (χ3v) is 5.48. The van der Waals surface area contributed by atoms with Crippen LogP contribution in [0.5, 0.6) is 0 Å². The van der Waals surface area contributed by atoms with Crippen molar-refractivity contribution >= 4 is 17.6 Å². The number of nitrogens with one attached hydrogen (secondary N) is 1. The molecule has 1 aromatic carbocycles. The summed E-state index contributed by atoms with van der Waals surface area (Å²) in [6.45, 7) is 11.9. The Morgan fingerprint density at radius 3 is 2.32 bits per heavy atom. The van der Waals surface area contributed by atoms with E-state index in [9.17, 15) is 9.59 Å². The predicted molar refractivity (Wildman–Crippen MR) is 110 cm³/mol. The largest absolute Gasteiger partial charge is 0.378 e. The molecule has 2 fully saturated rings. The molecular weight excluding hydrogens is 356 g/mol. The summed E-state index contributed by atoms with van der Waals surface area (Å²) < 4.78 is 5.31. The number of piperazine rings is 1. The average molecular weight is 389 g/mol. The lowest BCUT2D eigenvalue weighted by Gasteiger charge is -2.38. The molecule has 3 amide bonds. The first-order chi connectivity index (χ1) is 13.5. The van der Waals surface area contributed by atoms with E-state index >= 15 is 0 Å². The molecule has 0 bridgehead atoms. The number of aryl methyl sites for hydroxylation is 1. The summed E-state index contributed by atoms with van der Waals surface area (Å²) in [4.78, 5) is 31.0. The lowest BCUT2D eigenvalue weighted by Crippen LogP contribution is -2.55. The average Bonchev–Trinajstić information content (AvgIpc) is 2.70. The number of carbonyl (C=O) groups is 2. The van der Waals surface area contributed by atoms with Crippen LogP contribution in [0.4, 0.5) is 10.5 Å². The number of morpholine rings is 1. The van der Waals surface area contributed by atoms with Crippen molar-refractivity contribution in [2.24, 2.45) is 0 Å². The van der Waals surface area contributed by atoms with E-state index in [0.29, 0.717) is 64.9 Å². The van der Waals surface area contributed by atoms with E-state index in [1.165, 1.54) is 0 Å². The lowest BCUT2D eigenvalue weighted by molar-refractivity contribution is -0.117. The summed E-state index contributed by atoms with van der Waals surface area (Å²) in [7, 11) is 0. The van der Waals surface area contributed by atoms with Gasteiger partial charge in [-0.2, -0.15) is 0 Å². The zero-order valence-electron chi connectivity index (χ0n) is 17.2. The molecule has 7 nitrogen and oxygen atoms in total. The molecule has 1 aromatic rings. The zero-order chi connectivity index (χ0) is 20.1. The van der Waals surface area contributed by atoms with E-state index in [0.717, 1.165) is 16.8 Å². The Labute approximate surface area is 167 Å². The summed E-state index contributed by atoms with van der Waals surface area (Å²) in [5, 5.41) is 3.11. The van der Waals surface area contributed by atoms with Crippen molar-refractivity contribution < 1.29 is 14.3 Å². The minimum Gasteiger partial charge on any atom is -0.378 e. The van der Waals surface area contributed by atoms with Crippen molar-refractivity contribution in [3.63, 3.8) is 0 Å². The molecule has 0 atom stereocenters. The summed E-state index contributed by atoms with van der Waals surface area (Å²) in [6, 6.07) is 6.22. The van der Waals surface area contributed by atoms with Gasteiger partial charge in [-0.05, 0) is 24.0 Å². The fourth-order valence-electron chi connectivity index (χ4n) is 3.78. The first-order valence-corrected chi connectivity index (χ1v) is 10.2. The van der Waals surface area contributed by atoms with Gasteiger partial charge in [0.25, 0.3) is 0 Å². The first-order valence-electron chi connectivity index (χ1n) is 10.2. The maximum Gasteiger partial charge on any atom is 0.320 e. The SMILES string of the molecule is Cc1cccc(C(C)C)c1NC(=O)CN1CCN(C(=O)N2CCOCC2)CC1. The highest BCUT2D eigenvalue weighted by Gasteiger charge is 2.27. The normalized spacial score (nSPS) is 18.4. The Morgan fingerprint density at radius 2 is 1.68 bits per heavy atom. The Hall–Kier alpha value is -2.12. The molecule has 2 heterocycles. The van der Waals surface area contributed by atoms with Gasteiger partial charge in [0.05, 0.1) is 19.8 Å². The van der Waals surface area contributed by atoms with Crippen LogP contribution in [0, 0.1) is 6.92 Å². The van der Waals surface area contributed by atoms with Gasteiger partial charge in [-0.1, -0.05) is 32.0 Å². The molecule has 1 N–H and O–H groups in total. The van der Waals surface area contributed by atoms with E-state index in [1.54, 1.807) is 0 Å². The van der Waals surface area contributed by atoms with E-state index in [-0.39, 0.29) is 11.9 Å². The second-order valence-corrected chi connectivity index (χ2v) is 7.89. The van der Waals surface area contributed by atoms with Crippen molar-refractivity contribution in [2.75, 3.05) is 64.3 Å². The quantitative estimate of drug-likeness (QED) is 0.858. The number of carbonyl (C=O) groups excluding carboxylic acids is 2. The van der Waals surface area contributed by atoms with Crippen LogP contribution in [-0.4, -0.2) is 85.7 Å². The fourth-order valence-corrected chi connectivity index (χ4v) is 3.78. The molecule has 0 aromatic heterocycles. The van der Waals surface area contributed by atoms with Gasteiger partial charge in [0.2, 0.25) is 5.91 Å². The highest BCUT2D eigenvalue weighted by atomic mass is 16.5. The number of urea groups is 1. The molecular formula is C21H32N4O3. The van der Waals surface area contributed by atoms with E-state index < -0.39 is 0 Å².